The van der Waals surface area contributed by atoms with Gasteiger partial charge in [-0.3, -0.25) is 0 Å². The number of nitrogens with one attached hydrogen (secondary N) is 1. The molecule has 1 heterocycles. The van der Waals surface area contributed by atoms with Crippen molar-refractivity contribution in [3.63, 3.8) is 0 Å². The molecule has 3 saturated carbocycles. The van der Waals surface area contributed by atoms with Gasteiger partial charge in [0.25, 0.3) is 0 Å². The topological polar surface area (TPSA) is 24.9 Å². The summed E-state index contributed by atoms with van der Waals surface area (Å²) in [7, 11) is 0. The molecule has 3 fully saturated rings. The molecule has 0 atom stereocenters. The van der Waals surface area contributed by atoms with Crippen molar-refractivity contribution in [2.45, 2.75) is 57.0 Å². The zero-order chi connectivity index (χ0) is 11.2. The monoisotopic (exact) mass is 248 g/mol. The summed E-state index contributed by atoms with van der Waals surface area (Å²) in [6.45, 7) is 1.01. The molecule has 4 rings (SSSR count). The molecule has 3 aliphatic rings. The minimum absolute atomic E-state index is 0.808. The van der Waals surface area contributed by atoms with Crippen molar-refractivity contribution in [2.24, 2.45) is 11.8 Å². The molecule has 0 saturated heterocycles. The SMILES string of the molecule is c1sc(CNC(C2CC2)C2CC2)nc1C1CC1. The predicted octanol–water partition coefficient (Wildman–Crippen LogP) is 3.30. The molecule has 0 radical (unpaired) electrons. The first-order valence-electron chi connectivity index (χ1n) is 7.08. The Morgan fingerprint density at radius 1 is 1.18 bits per heavy atom. The Labute approximate surface area is 107 Å². The van der Waals surface area contributed by atoms with E-state index < -0.39 is 0 Å². The van der Waals surface area contributed by atoms with Crippen molar-refractivity contribution in [1.82, 2.24) is 10.3 Å². The molecule has 1 aromatic rings. The maximum atomic E-state index is 4.76. The van der Waals surface area contributed by atoms with E-state index in [-0.39, 0.29) is 0 Å². The first kappa shape index (κ1) is 10.5. The van der Waals surface area contributed by atoms with Crippen molar-refractivity contribution >= 4 is 11.3 Å². The molecular weight excluding hydrogens is 228 g/mol. The largest absolute Gasteiger partial charge is 0.307 e. The predicted molar refractivity (Wildman–Crippen MR) is 70.2 cm³/mol. The lowest BCUT2D eigenvalue weighted by Crippen LogP contribution is -2.32. The Balaban J connectivity index is 1.35. The molecule has 0 aliphatic heterocycles. The Morgan fingerprint density at radius 2 is 1.88 bits per heavy atom. The van der Waals surface area contributed by atoms with Crippen molar-refractivity contribution in [3.05, 3.63) is 16.1 Å². The van der Waals surface area contributed by atoms with Crippen molar-refractivity contribution < 1.29 is 0 Å². The van der Waals surface area contributed by atoms with Crippen LogP contribution in [0.25, 0.3) is 0 Å². The summed E-state index contributed by atoms with van der Waals surface area (Å²) in [6.07, 6.45) is 8.56. The average Bonchev–Trinajstić information content (AvgIpc) is 3.19. The van der Waals surface area contributed by atoms with Gasteiger partial charge in [0.1, 0.15) is 5.01 Å². The molecule has 0 amide bonds. The van der Waals surface area contributed by atoms with Crippen LogP contribution in [0.15, 0.2) is 5.38 Å². The maximum absolute atomic E-state index is 4.76. The molecule has 3 aliphatic carbocycles. The van der Waals surface area contributed by atoms with Gasteiger partial charge in [0.15, 0.2) is 0 Å². The first-order chi connectivity index (χ1) is 8.40. The van der Waals surface area contributed by atoms with E-state index in [0.29, 0.717) is 0 Å². The van der Waals surface area contributed by atoms with Gasteiger partial charge in [0.05, 0.1) is 5.69 Å². The van der Waals surface area contributed by atoms with Gasteiger partial charge in [-0.25, -0.2) is 4.98 Å². The second-order valence-electron chi connectivity index (χ2n) is 6.02. The highest BCUT2D eigenvalue weighted by Gasteiger charge is 2.41. The van der Waals surface area contributed by atoms with Gasteiger partial charge in [-0.15, -0.1) is 11.3 Å². The highest BCUT2D eigenvalue weighted by molar-refractivity contribution is 7.09. The summed E-state index contributed by atoms with van der Waals surface area (Å²) < 4.78 is 0. The second-order valence-corrected chi connectivity index (χ2v) is 6.96. The van der Waals surface area contributed by atoms with Crippen molar-refractivity contribution in [2.75, 3.05) is 0 Å². The van der Waals surface area contributed by atoms with Gasteiger partial charge >= 0.3 is 0 Å². The maximum Gasteiger partial charge on any atom is 0.107 e. The van der Waals surface area contributed by atoms with Crippen LogP contribution in [0, 0.1) is 11.8 Å². The summed E-state index contributed by atoms with van der Waals surface area (Å²) in [5.74, 6) is 2.79. The van der Waals surface area contributed by atoms with Gasteiger partial charge in [0.2, 0.25) is 0 Å². The fraction of sp³-hybridized carbons (Fsp3) is 0.786. The molecule has 2 nitrogen and oxygen atoms in total. The number of hydrogen-bond donors (Lipinski definition) is 1. The summed E-state index contributed by atoms with van der Waals surface area (Å²) in [5.41, 5.74) is 1.36. The smallest absolute Gasteiger partial charge is 0.107 e. The third-order valence-corrected chi connectivity index (χ3v) is 5.18. The Kier molecular flexibility index (Phi) is 2.51. The van der Waals surface area contributed by atoms with Crippen molar-refractivity contribution in [1.29, 1.82) is 0 Å². The molecule has 0 unspecified atom stereocenters. The number of thiazole rings is 1. The fourth-order valence-electron chi connectivity index (χ4n) is 2.81. The van der Waals surface area contributed by atoms with Gasteiger partial charge in [0, 0.05) is 23.9 Å². The Bertz CT molecular complexity index is 390. The first-order valence-corrected chi connectivity index (χ1v) is 7.96. The normalized spacial score (nSPS) is 24.5. The Morgan fingerprint density at radius 3 is 2.47 bits per heavy atom. The molecule has 92 valence electrons. The van der Waals surface area contributed by atoms with Gasteiger partial charge in [-0.05, 0) is 50.4 Å². The summed E-state index contributed by atoms with van der Waals surface area (Å²) >= 11 is 1.85. The van der Waals surface area contributed by atoms with E-state index in [2.05, 4.69) is 10.7 Å². The van der Waals surface area contributed by atoms with E-state index in [1.165, 1.54) is 49.2 Å². The Hall–Kier alpha value is -0.410. The lowest BCUT2D eigenvalue weighted by atomic mass is 10.1. The molecule has 0 aromatic carbocycles. The lowest BCUT2D eigenvalue weighted by Gasteiger charge is -2.16. The summed E-state index contributed by atoms with van der Waals surface area (Å²) in [4.78, 5) is 4.76. The van der Waals surface area contributed by atoms with Crippen LogP contribution in [-0.2, 0) is 6.54 Å². The van der Waals surface area contributed by atoms with E-state index >= 15 is 0 Å². The zero-order valence-corrected chi connectivity index (χ0v) is 11.0. The molecule has 0 spiro atoms. The standard InChI is InChI=1S/C14H20N2S/c1-2-9(1)12-8-17-13(16-12)7-15-14(10-3-4-10)11-5-6-11/h8-11,14-15H,1-7H2. The van der Waals surface area contributed by atoms with E-state index in [4.69, 9.17) is 4.98 Å². The third kappa shape index (κ3) is 2.41. The van der Waals surface area contributed by atoms with Crippen LogP contribution in [0.2, 0.25) is 0 Å². The van der Waals surface area contributed by atoms with Gasteiger partial charge < -0.3 is 5.32 Å². The molecule has 1 N–H and O–H groups in total. The van der Waals surface area contributed by atoms with E-state index in [0.717, 1.165) is 30.3 Å². The number of hydrogen-bond acceptors (Lipinski definition) is 3. The fourth-order valence-corrected chi connectivity index (χ4v) is 3.63. The highest BCUT2D eigenvalue weighted by atomic mass is 32.1. The van der Waals surface area contributed by atoms with E-state index in [1.54, 1.807) is 0 Å². The molecule has 17 heavy (non-hydrogen) atoms. The summed E-state index contributed by atoms with van der Waals surface area (Å²) in [5, 5.41) is 7.36. The van der Waals surface area contributed by atoms with E-state index in [1.807, 2.05) is 11.3 Å². The highest BCUT2D eigenvalue weighted by Crippen LogP contribution is 2.44. The average molecular weight is 248 g/mol. The zero-order valence-electron chi connectivity index (χ0n) is 10.2. The quantitative estimate of drug-likeness (QED) is 0.835. The van der Waals surface area contributed by atoms with Crippen LogP contribution >= 0.6 is 11.3 Å². The van der Waals surface area contributed by atoms with E-state index in [9.17, 15) is 0 Å². The second kappa shape index (κ2) is 4.06. The minimum Gasteiger partial charge on any atom is -0.307 e. The van der Waals surface area contributed by atoms with Gasteiger partial charge in [-0.1, -0.05) is 0 Å². The number of nitrogens with zero attached hydrogens (tertiary/aromatic N) is 1. The minimum atomic E-state index is 0.808. The number of aromatic nitrogens is 1. The van der Waals surface area contributed by atoms with Crippen molar-refractivity contribution in [3.8, 4) is 0 Å². The van der Waals surface area contributed by atoms with Crippen LogP contribution in [0.3, 0.4) is 0 Å². The lowest BCUT2D eigenvalue weighted by molar-refractivity contribution is 0.415. The summed E-state index contributed by atoms with van der Waals surface area (Å²) in [6, 6.07) is 0.809. The van der Waals surface area contributed by atoms with Crippen LogP contribution in [0.4, 0.5) is 0 Å². The molecule has 0 bridgehead atoms. The molecule has 3 heteroatoms. The van der Waals surface area contributed by atoms with Crippen LogP contribution < -0.4 is 5.32 Å². The molecular formula is C14H20N2S. The number of rotatable bonds is 6. The van der Waals surface area contributed by atoms with Gasteiger partial charge in [-0.2, -0.15) is 0 Å². The third-order valence-electron chi connectivity index (χ3n) is 4.31. The van der Waals surface area contributed by atoms with Crippen LogP contribution in [-0.4, -0.2) is 11.0 Å². The van der Waals surface area contributed by atoms with Crippen LogP contribution in [0.5, 0.6) is 0 Å². The van der Waals surface area contributed by atoms with Crippen LogP contribution in [0.1, 0.15) is 55.1 Å². The molecule has 1 aromatic heterocycles.